The number of hydrogen-bond acceptors (Lipinski definition) is 5. The summed E-state index contributed by atoms with van der Waals surface area (Å²) >= 11 is 0. The number of aromatic nitrogens is 2. The SMILES string of the molecule is Cn1ccnc(N2CCC[C@@H](N[C@@H]3CCCOC3)C2)c1=O. The Morgan fingerprint density at radius 3 is 3.00 bits per heavy atom. The van der Waals surface area contributed by atoms with E-state index < -0.39 is 0 Å². The van der Waals surface area contributed by atoms with E-state index in [0.717, 1.165) is 45.6 Å². The second-order valence-electron chi connectivity index (χ2n) is 6.03. The van der Waals surface area contributed by atoms with Gasteiger partial charge in [0.05, 0.1) is 6.61 Å². The molecule has 1 N–H and O–H groups in total. The van der Waals surface area contributed by atoms with E-state index in [1.165, 1.54) is 6.42 Å². The van der Waals surface area contributed by atoms with E-state index >= 15 is 0 Å². The van der Waals surface area contributed by atoms with E-state index in [1.807, 2.05) is 0 Å². The lowest BCUT2D eigenvalue weighted by Crippen LogP contribution is -2.52. The van der Waals surface area contributed by atoms with Crippen molar-refractivity contribution in [2.75, 3.05) is 31.2 Å². The van der Waals surface area contributed by atoms with Crippen molar-refractivity contribution < 1.29 is 4.74 Å². The summed E-state index contributed by atoms with van der Waals surface area (Å²) in [7, 11) is 1.77. The molecule has 2 saturated heterocycles. The standard InChI is InChI=1S/C15H24N4O2/c1-18-8-6-16-14(15(18)20)19-7-2-4-12(10-19)17-13-5-3-9-21-11-13/h6,8,12-13,17H,2-5,7,9-11H2,1H3/t12-,13-/m1/s1. The Hall–Kier alpha value is -1.40. The lowest BCUT2D eigenvalue weighted by atomic mass is 10.0. The predicted molar refractivity (Wildman–Crippen MR) is 81.7 cm³/mol. The van der Waals surface area contributed by atoms with Crippen molar-refractivity contribution >= 4 is 5.82 Å². The van der Waals surface area contributed by atoms with Crippen LogP contribution in [-0.4, -0.2) is 47.9 Å². The van der Waals surface area contributed by atoms with Crippen LogP contribution in [0.1, 0.15) is 25.7 Å². The fourth-order valence-corrected chi connectivity index (χ4v) is 3.21. The smallest absolute Gasteiger partial charge is 0.293 e. The summed E-state index contributed by atoms with van der Waals surface area (Å²) < 4.78 is 7.12. The monoisotopic (exact) mass is 292 g/mol. The van der Waals surface area contributed by atoms with Gasteiger partial charge < -0.3 is 19.5 Å². The van der Waals surface area contributed by atoms with Crippen LogP contribution in [0.4, 0.5) is 5.82 Å². The van der Waals surface area contributed by atoms with Crippen LogP contribution < -0.4 is 15.8 Å². The van der Waals surface area contributed by atoms with E-state index in [4.69, 9.17) is 4.74 Å². The largest absolute Gasteiger partial charge is 0.380 e. The molecule has 2 atom stereocenters. The molecule has 0 radical (unpaired) electrons. The summed E-state index contributed by atoms with van der Waals surface area (Å²) in [5.74, 6) is 0.575. The molecule has 1 aromatic heterocycles. The minimum Gasteiger partial charge on any atom is -0.380 e. The van der Waals surface area contributed by atoms with Crippen molar-refractivity contribution in [1.82, 2.24) is 14.9 Å². The third-order valence-corrected chi connectivity index (χ3v) is 4.35. The van der Waals surface area contributed by atoms with Gasteiger partial charge in [-0.25, -0.2) is 4.98 Å². The molecule has 6 heteroatoms. The van der Waals surface area contributed by atoms with Gasteiger partial charge in [0.1, 0.15) is 0 Å². The van der Waals surface area contributed by atoms with E-state index in [9.17, 15) is 4.79 Å². The number of hydrogen-bond donors (Lipinski definition) is 1. The molecule has 0 bridgehead atoms. The van der Waals surface area contributed by atoms with Gasteiger partial charge in [-0.2, -0.15) is 0 Å². The maximum Gasteiger partial charge on any atom is 0.293 e. The van der Waals surface area contributed by atoms with E-state index in [-0.39, 0.29) is 5.56 Å². The van der Waals surface area contributed by atoms with Crippen LogP contribution in [0.3, 0.4) is 0 Å². The molecule has 2 aliphatic heterocycles. The van der Waals surface area contributed by atoms with Gasteiger partial charge in [0.25, 0.3) is 5.56 Å². The Balaban J connectivity index is 1.65. The fraction of sp³-hybridized carbons (Fsp3) is 0.733. The first kappa shape index (κ1) is 14.5. The van der Waals surface area contributed by atoms with Crippen LogP contribution in [0.5, 0.6) is 0 Å². The summed E-state index contributed by atoms with van der Waals surface area (Å²) in [6.45, 7) is 3.45. The van der Waals surface area contributed by atoms with Crippen molar-refractivity contribution in [2.45, 2.75) is 37.8 Å². The Kier molecular flexibility index (Phi) is 4.55. The van der Waals surface area contributed by atoms with Crippen LogP contribution in [-0.2, 0) is 11.8 Å². The van der Waals surface area contributed by atoms with Gasteiger partial charge in [0, 0.05) is 51.2 Å². The highest BCUT2D eigenvalue weighted by molar-refractivity contribution is 5.36. The zero-order valence-corrected chi connectivity index (χ0v) is 12.6. The Morgan fingerprint density at radius 1 is 1.33 bits per heavy atom. The number of nitrogens with zero attached hydrogens (tertiary/aromatic N) is 3. The van der Waals surface area contributed by atoms with Crippen molar-refractivity contribution in [2.24, 2.45) is 7.05 Å². The minimum absolute atomic E-state index is 0.0147. The molecule has 2 fully saturated rings. The quantitative estimate of drug-likeness (QED) is 0.880. The van der Waals surface area contributed by atoms with Crippen LogP contribution in [0.2, 0.25) is 0 Å². The molecule has 116 valence electrons. The summed E-state index contributed by atoms with van der Waals surface area (Å²) in [6.07, 6.45) is 7.95. The van der Waals surface area contributed by atoms with Crippen molar-refractivity contribution in [3.63, 3.8) is 0 Å². The maximum atomic E-state index is 12.2. The number of aryl methyl sites for hydroxylation is 1. The van der Waals surface area contributed by atoms with Crippen LogP contribution >= 0.6 is 0 Å². The second kappa shape index (κ2) is 6.58. The first-order valence-electron chi connectivity index (χ1n) is 7.84. The van der Waals surface area contributed by atoms with Gasteiger partial charge in [-0.15, -0.1) is 0 Å². The minimum atomic E-state index is -0.0147. The van der Waals surface area contributed by atoms with Gasteiger partial charge in [-0.3, -0.25) is 4.79 Å². The summed E-state index contributed by atoms with van der Waals surface area (Å²) in [6, 6.07) is 0.868. The number of nitrogens with one attached hydrogen (secondary N) is 1. The molecule has 2 aliphatic rings. The lowest BCUT2D eigenvalue weighted by Gasteiger charge is -2.36. The molecule has 0 unspecified atom stereocenters. The molecule has 0 aliphatic carbocycles. The first-order chi connectivity index (χ1) is 10.2. The number of rotatable bonds is 3. The number of ether oxygens (including phenoxy) is 1. The highest BCUT2D eigenvalue weighted by Gasteiger charge is 2.25. The van der Waals surface area contributed by atoms with Crippen LogP contribution in [0.25, 0.3) is 0 Å². The third kappa shape index (κ3) is 3.44. The zero-order chi connectivity index (χ0) is 14.7. The second-order valence-corrected chi connectivity index (χ2v) is 6.03. The molecule has 0 spiro atoms. The molecule has 21 heavy (non-hydrogen) atoms. The summed E-state index contributed by atoms with van der Waals surface area (Å²) in [5.41, 5.74) is -0.0147. The van der Waals surface area contributed by atoms with Crippen LogP contribution in [0, 0.1) is 0 Å². The molecule has 6 nitrogen and oxygen atoms in total. The van der Waals surface area contributed by atoms with Crippen molar-refractivity contribution in [1.29, 1.82) is 0 Å². The molecule has 0 amide bonds. The molecule has 3 rings (SSSR count). The van der Waals surface area contributed by atoms with Gasteiger partial charge in [0.15, 0.2) is 5.82 Å². The van der Waals surface area contributed by atoms with Gasteiger partial charge >= 0.3 is 0 Å². The lowest BCUT2D eigenvalue weighted by molar-refractivity contribution is 0.0655. The average molecular weight is 292 g/mol. The molecule has 0 saturated carbocycles. The van der Waals surface area contributed by atoms with E-state index in [0.29, 0.717) is 17.9 Å². The van der Waals surface area contributed by atoms with Crippen molar-refractivity contribution in [3.8, 4) is 0 Å². The highest BCUT2D eigenvalue weighted by Crippen LogP contribution is 2.16. The Labute approximate surface area is 125 Å². The molecular weight excluding hydrogens is 268 g/mol. The molecular formula is C15H24N4O2. The number of piperidine rings is 1. The number of anilines is 1. The molecule has 3 heterocycles. The third-order valence-electron chi connectivity index (χ3n) is 4.35. The normalized spacial score (nSPS) is 26.8. The molecule has 1 aromatic rings. The summed E-state index contributed by atoms with van der Waals surface area (Å²) in [4.78, 5) is 18.6. The van der Waals surface area contributed by atoms with Gasteiger partial charge in [-0.1, -0.05) is 0 Å². The van der Waals surface area contributed by atoms with Crippen LogP contribution in [0.15, 0.2) is 17.2 Å². The summed E-state index contributed by atoms with van der Waals surface area (Å²) in [5, 5.41) is 3.69. The zero-order valence-electron chi connectivity index (χ0n) is 12.6. The topological polar surface area (TPSA) is 59.4 Å². The van der Waals surface area contributed by atoms with E-state index in [1.54, 1.807) is 24.0 Å². The van der Waals surface area contributed by atoms with Gasteiger partial charge in [-0.05, 0) is 25.7 Å². The maximum absolute atomic E-state index is 12.2. The molecule has 0 aromatic carbocycles. The average Bonchev–Trinajstić information content (AvgIpc) is 2.51. The van der Waals surface area contributed by atoms with Crippen molar-refractivity contribution in [3.05, 3.63) is 22.7 Å². The van der Waals surface area contributed by atoms with Gasteiger partial charge in [0.2, 0.25) is 0 Å². The Morgan fingerprint density at radius 2 is 2.19 bits per heavy atom. The Bertz CT molecular complexity index is 525. The highest BCUT2D eigenvalue weighted by atomic mass is 16.5. The van der Waals surface area contributed by atoms with E-state index in [2.05, 4.69) is 15.2 Å². The predicted octanol–water partition coefficient (Wildman–Crippen LogP) is 0.518. The fourth-order valence-electron chi connectivity index (χ4n) is 3.21. The first-order valence-corrected chi connectivity index (χ1v) is 7.84.